The number of carbonyl (C=O) groups excluding carboxylic acids is 1. The molecule has 2 aliphatic rings. The molecule has 3 nitrogen and oxygen atoms in total. The molecule has 2 aromatic rings. The molecule has 0 N–H and O–H groups in total. The number of hydrogen-bond acceptors (Lipinski definition) is 3. The average molecular weight is 308 g/mol. The van der Waals surface area contributed by atoms with Gasteiger partial charge in [0.25, 0.3) is 5.91 Å². The van der Waals surface area contributed by atoms with Crippen molar-refractivity contribution in [1.29, 1.82) is 0 Å². The number of nitrogens with zero attached hydrogens (tertiary/aromatic N) is 2. The summed E-state index contributed by atoms with van der Waals surface area (Å²) in [5.74, 6) is -0.111. The average Bonchev–Trinajstić information content (AvgIpc) is 3.18. The number of hydrogen-bond donors (Lipinski definition) is 0. The zero-order valence-corrected chi connectivity index (χ0v) is 13.0. The molecule has 4 rings (SSSR count). The summed E-state index contributed by atoms with van der Waals surface area (Å²) < 4.78 is 0. The van der Waals surface area contributed by atoms with Gasteiger partial charge in [0.2, 0.25) is 0 Å². The number of fused-ring (bicyclic) bond motifs is 1. The van der Waals surface area contributed by atoms with Gasteiger partial charge in [0.15, 0.2) is 5.17 Å². The van der Waals surface area contributed by atoms with Crippen molar-refractivity contribution in [3.8, 4) is 0 Å². The lowest BCUT2D eigenvalue weighted by atomic mass is 10.0. The monoisotopic (exact) mass is 308 g/mol. The predicted molar refractivity (Wildman–Crippen MR) is 92.8 cm³/mol. The van der Waals surface area contributed by atoms with Gasteiger partial charge in [-0.15, -0.1) is 0 Å². The van der Waals surface area contributed by atoms with E-state index in [2.05, 4.69) is 34.2 Å². The SMILES string of the molecule is O=C1N=C(N2CCCC2)S/C1=C\c1cccc2ccccc12. The Hall–Kier alpha value is -2.07. The topological polar surface area (TPSA) is 32.7 Å². The minimum atomic E-state index is -0.111. The highest BCUT2D eigenvalue weighted by atomic mass is 32.2. The first-order valence-corrected chi connectivity index (χ1v) is 8.38. The molecule has 0 atom stereocenters. The van der Waals surface area contributed by atoms with Crippen LogP contribution in [0.1, 0.15) is 18.4 Å². The molecule has 0 aromatic heterocycles. The molecule has 1 saturated heterocycles. The molecule has 0 bridgehead atoms. The minimum absolute atomic E-state index is 0.111. The minimum Gasteiger partial charge on any atom is -0.351 e. The number of carbonyl (C=O) groups is 1. The zero-order chi connectivity index (χ0) is 14.9. The van der Waals surface area contributed by atoms with Crippen molar-refractivity contribution in [2.24, 2.45) is 4.99 Å². The first-order valence-electron chi connectivity index (χ1n) is 7.56. The number of amidine groups is 1. The van der Waals surface area contributed by atoms with Crippen LogP contribution in [0.5, 0.6) is 0 Å². The Morgan fingerprint density at radius 2 is 1.82 bits per heavy atom. The van der Waals surface area contributed by atoms with Crippen LogP contribution in [-0.4, -0.2) is 29.1 Å². The van der Waals surface area contributed by atoms with Crippen molar-refractivity contribution < 1.29 is 4.79 Å². The van der Waals surface area contributed by atoms with Gasteiger partial charge in [0, 0.05) is 13.1 Å². The van der Waals surface area contributed by atoms with Gasteiger partial charge >= 0.3 is 0 Å². The summed E-state index contributed by atoms with van der Waals surface area (Å²) in [6.45, 7) is 2.03. The fourth-order valence-electron chi connectivity index (χ4n) is 2.96. The third kappa shape index (κ3) is 2.44. The second-order valence-corrected chi connectivity index (χ2v) is 6.58. The van der Waals surface area contributed by atoms with Gasteiger partial charge in [-0.3, -0.25) is 4.79 Å². The Balaban J connectivity index is 1.67. The van der Waals surface area contributed by atoms with Crippen LogP contribution in [0.25, 0.3) is 16.8 Å². The third-order valence-corrected chi connectivity index (χ3v) is 5.14. The quantitative estimate of drug-likeness (QED) is 0.749. The van der Waals surface area contributed by atoms with E-state index in [0.717, 1.165) is 28.7 Å². The lowest BCUT2D eigenvalue weighted by Gasteiger charge is -2.14. The Morgan fingerprint density at radius 3 is 2.68 bits per heavy atom. The summed E-state index contributed by atoms with van der Waals surface area (Å²) in [6, 6.07) is 14.4. The van der Waals surface area contributed by atoms with Crippen molar-refractivity contribution in [3.05, 3.63) is 52.9 Å². The maximum atomic E-state index is 12.2. The third-order valence-electron chi connectivity index (χ3n) is 4.10. The maximum absolute atomic E-state index is 12.2. The Bertz CT molecular complexity index is 798. The Morgan fingerprint density at radius 1 is 1.05 bits per heavy atom. The lowest BCUT2D eigenvalue weighted by molar-refractivity contribution is -0.113. The molecule has 1 amide bonds. The molecule has 110 valence electrons. The van der Waals surface area contributed by atoms with Gasteiger partial charge in [-0.05, 0) is 47.0 Å². The number of likely N-dealkylation sites (tertiary alicyclic amines) is 1. The smallest absolute Gasteiger partial charge is 0.286 e. The van der Waals surface area contributed by atoms with Gasteiger partial charge in [-0.1, -0.05) is 42.5 Å². The fourth-order valence-corrected chi connectivity index (χ4v) is 3.92. The zero-order valence-electron chi connectivity index (χ0n) is 12.2. The van der Waals surface area contributed by atoms with Gasteiger partial charge in [0.1, 0.15) is 0 Å². The summed E-state index contributed by atoms with van der Waals surface area (Å²) in [5, 5.41) is 3.22. The summed E-state index contributed by atoms with van der Waals surface area (Å²) in [6.07, 6.45) is 4.36. The van der Waals surface area contributed by atoms with Crippen molar-refractivity contribution in [3.63, 3.8) is 0 Å². The van der Waals surface area contributed by atoms with Crippen molar-refractivity contribution >= 4 is 39.7 Å². The molecule has 0 aliphatic carbocycles. The fraction of sp³-hybridized carbons (Fsp3) is 0.222. The molecule has 1 fully saturated rings. The molecule has 22 heavy (non-hydrogen) atoms. The van der Waals surface area contributed by atoms with Crippen LogP contribution < -0.4 is 0 Å². The van der Waals surface area contributed by atoms with Gasteiger partial charge < -0.3 is 4.90 Å². The Labute approximate surface area is 133 Å². The van der Waals surface area contributed by atoms with E-state index in [0.29, 0.717) is 0 Å². The van der Waals surface area contributed by atoms with Gasteiger partial charge in [-0.25, -0.2) is 0 Å². The summed E-state index contributed by atoms with van der Waals surface area (Å²) in [4.78, 5) is 19.3. The Kier molecular flexibility index (Phi) is 3.47. The van der Waals surface area contributed by atoms with Gasteiger partial charge in [0.05, 0.1) is 4.91 Å². The van der Waals surface area contributed by atoms with E-state index in [1.54, 1.807) is 0 Å². The van der Waals surface area contributed by atoms with Crippen LogP contribution in [-0.2, 0) is 4.79 Å². The van der Waals surface area contributed by atoms with Gasteiger partial charge in [-0.2, -0.15) is 4.99 Å². The maximum Gasteiger partial charge on any atom is 0.286 e. The van der Waals surface area contributed by atoms with E-state index in [-0.39, 0.29) is 5.91 Å². The number of thioether (sulfide) groups is 1. The highest BCUT2D eigenvalue weighted by Crippen LogP contribution is 2.32. The highest BCUT2D eigenvalue weighted by Gasteiger charge is 2.27. The standard InChI is InChI=1S/C18H16N2OS/c21-17-16(22-18(19-17)20-10-3-4-11-20)12-14-8-5-7-13-6-1-2-9-15(13)14/h1-2,5-9,12H,3-4,10-11H2/b16-12-. The molecule has 0 saturated carbocycles. The van der Waals surface area contributed by atoms with E-state index in [1.807, 2.05) is 24.3 Å². The number of aliphatic imine (C=N–C) groups is 1. The van der Waals surface area contributed by atoms with E-state index in [1.165, 1.54) is 35.4 Å². The normalized spacial score (nSPS) is 20.2. The largest absolute Gasteiger partial charge is 0.351 e. The molecule has 2 aromatic carbocycles. The summed E-state index contributed by atoms with van der Waals surface area (Å²) in [7, 11) is 0. The second-order valence-electron chi connectivity index (χ2n) is 5.57. The lowest BCUT2D eigenvalue weighted by Crippen LogP contribution is -2.23. The van der Waals surface area contributed by atoms with Crippen LogP contribution >= 0.6 is 11.8 Å². The first kappa shape index (κ1) is 13.6. The predicted octanol–water partition coefficient (Wildman–Crippen LogP) is 3.91. The molecule has 0 unspecified atom stereocenters. The molecule has 4 heteroatoms. The van der Waals surface area contributed by atoms with E-state index in [9.17, 15) is 4.79 Å². The first-order chi connectivity index (χ1) is 10.8. The van der Waals surface area contributed by atoms with Crippen molar-refractivity contribution in [2.45, 2.75) is 12.8 Å². The van der Waals surface area contributed by atoms with E-state index >= 15 is 0 Å². The molecular formula is C18H16N2OS. The molecule has 2 aliphatic heterocycles. The van der Waals surface area contributed by atoms with E-state index < -0.39 is 0 Å². The summed E-state index contributed by atoms with van der Waals surface area (Å²) in [5.41, 5.74) is 1.08. The molecule has 0 radical (unpaired) electrons. The molecular weight excluding hydrogens is 292 g/mol. The second kappa shape index (κ2) is 5.61. The molecule has 0 spiro atoms. The summed E-state index contributed by atoms with van der Waals surface area (Å²) >= 11 is 1.51. The van der Waals surface area contributed by atoms with Crippen LogP contribution in [0, 0.1) is 0 Å². The van der Waals surface area contributed by atoms with Crippen LogP contribution in [0.2, 0.25) is 0 Å². The number of rotatable bonds is 1. The van der Waals surface area contributed by atoms with Crippen molar-refractivity contribution in [2.75, 3.05) is 13.1 Å². The molecule has 2 heterocycles. The van der Waals surface area contributed by atoms with Crippen LogP contribution in [0.4, 0.5) is 0 Å². The number of amides is 1. The van der Waals surface area contributed by atoms with Crippen molar-refractivity contribution in [1.82, 2.24) is 4.90 Å². The van der Waals surface area contributed by atoms with E-state index in [4.69, 9.17) is 0 Å². The highest BCUT2D eigenvalue weighted by molar-refractivity contribution is 8.18. The number of benzene rings is 2. The van der Waals surface area contributed by atoms with Crippen LogP contribution in [0.3, 0.4) is 0 Å². The van der Waals surface area contributed by atoms with Crippen LogP contribution in [0.15, 0.2) is 52.4 Å².